The first-order valence-corrected chi connectivity index (χ1v) is 6.96. The fourth-order valence-electron chi connectivity index (χ4n) is 2.12. The number of unbranched alkanes of at least 4 members (excludes halogenated alkanes) is 2. The molecule has 0 saturated carbocycles. The van der Waals surface area contributed by atoms with Crippen molar-refractivity contribution >= 4 is 0 Å². The molecular weight excluding hydrogens is 218 g/mol. The third-order valence-corrected chi connectivity index (χ3v) is 3.05. The lowest BCUT2D eigenvalue weighted by Gasteiger charge is -2.21. The van der Waals surface area contributed by atoms with Crippen molar-refractivity contribution in [3.63, 3.8) is 0 Å². The number of rotatable bonds is 8. The molecule has 0 aromatic heterocycles. The highest BCUT2D eigenvalue weighted by Crippen LogP contribution is 2.20. The molecule has 1 aromatic carbocycles. The molecule has 0 amide bonds. The van der Waals surface area contributed by atoms with Crippen molar-refractivity contribution in [2.24, 2.45) is 5.92 Å². The van der Waals surface area contributed by atoms with E-state index < -0.39 is 0 Å². The molecule has 1 unspecified atom stereocenters. The van der Waals surface area contributed by atoms with Crippen molar-refractivity contribution in [3.8, 4) is 12.3 Å². The van der Waals surface area contributed by atoms with Gasteiger partial charge in [0.05, 0.1) is 0 Å². The molecule has 0 bridgehead atoms. The molecular formula is C17H25N. The van der Waals surface area contributed by atoms with Crippen molar-refractivity contribution in [1.82, 2.24) is 5.32 Å². The summed E-state index contributed by atoms with van der Waals surface area (Å²) in [5, 5.41) is 3.66. The van der Waals surface area contributed by atoms with Gasteiger partial charge in [-0.3, -0.25) is 0 Å². The molecule has 1 N–H and O–H groups in total. The molecule has 1 heteroatoms. The number of hydrogen-bond donors (Lipinski definition) is 1. The van der Waals surface area contributed by atoms with Crippen molar-refractivity contribution in [2.45, 2.75) is 45.6 Å². The molecule has 0 spiro atoms. The highest BCUT2D eigenvalue weighted by atomic mass is 14.9. The normalized spacial score (nSPS) is 12.3. The van der Waals surface area contributed by atoms with Gasteiger partial charge in [0.25, 0.3) is 0 Å². The Bertz CT molecular complexity index is 348. The molecule has 0 saturated heterocycles. The Morgan fingerprint density at radius 2 is 1.89 bits per heavy atom. The Kier molecular flexibility index (Phi) is 7.22. The molecule has 1 nitrogen and oxygen atoms in total. The standard InChI is InChI=1S/C17H25N/c1-4-5-6-10-13-18-17(14-15(2)3)16-11-8-7-9-12-16/h1,7-9,11-12,15,17-18H,5-6,10,13-14H2,2-3H3. The maximum atomic E-state index is 5.26. The van der Waals surface area contributed by atoms with Gasteiger partial charge in [-0.25, -0.2) is 0 Å². The summed E-state index contributed by atoms with van der Waals surface area (Å²) in [7, 11) is 0. The van der Waals surface area contributed by atoms with E-state index in [2.05, 4.69) is 55.4 Å². The Morgan fingerprint density at radius 1 is 1.17 bits per heavy atom. The predicted octanol–water partition coefficient (Wildman–Crippen LogP) is 4.17. The number of terminal acetylenes is 1. The average Bonchev–Trinajstić information content (AvgIpc) is 2.38. The maximum Gasteiger partial charge on any atom is 0.0322 e. The third-order valence-electron chi connectivity index (χ3n) is 3.05. The van der Waals surface area contributed by atoms with E-state index in [1.165, 1.54) is 12.0 Å². The van der Waals surface area contributed by atoms with Gasteiger partial charge in [0.1, 0.15) is 0 Å². The summed E-state index contributed by atoms with van der Waals surface area (Å²) in [6.07, 6.45) is 9.60. The summed E-state index contributed by atoms with van der Waals surface area (Å²) in [6.45, 7) is 5.60. The van der Waals surface area contributed by atoms with E-state index in [9.17, 15) is 0 Å². The van der Waals surface area contributed by atoms with E-state index in [1.807, 2.05) is 0 Å². The minimum Gasteiger partial charge on any atom is -0.310 e. The van der Waals surface area contributed by atoms with Crippen LogP contribution in [0.2, 0.25) is 0 Å². The SMILES string of the molecule is C#CCCCCNC(CC(C)C)c1ccccc1. The molecule has 98 valence electrons. The topological polar surface area (TPSA) is 12.0 Å². The predicted molar refractivity (Wildman–Crippen MR) is 79.3 cm³/mol. The van der Waals surface area contributed by atoms with E-state index in [-0.39, 0.29) is 0 Å². The van der Waals surface area contributed by atoms with Crippen LogP contribution in [0.5, 0.6) is 0 Å². The quantitative estimate of drug-likeness (QED) is 0.534. The molecule has 1 atom stereocenters. The summed E-state index contributed by atoms with van der Waals surface area (Å²) >= 11 is 0. The Balaban J connectivity index is 2.44. The van der Waals surface area contributed by atoms with Gasteiger partial charge < -0.3 is 5.32 Å². The van der Waals surface area contributed by atoms with Crippen LogP contribution in [0.25, 0.3) is 0 Å². The van der Waals surface area contributed by atoms with Crippen LogP contribution in [0.4, 0.5) is 0 Å². The zero-order valence-electron chi connectivity index (χ0n) is 11.7. The lowest BCUT2D eigenvalue weighted by molar-refractivity contribution is 0.425. The number of nitrogens with one attached hydrogen (secondary N) is 1. The molecule has 1 aromatic rings. The summed E-state index contributed by atoms with van der Waals surface area (Å²) in [5.74, 6) is 3.39. The zero-order valence-corrected chi connectivity index (χ0v) is 11.7. The lowest BCUT2D eigenvalue weighted by atomic mass is 9.97. The summed E-state index contributed by atoms with van der Waals surface area (Å²) in [4.78, 5) is 0. The monoisotopic (exact) mass is 243 g/mol. The molecule has 18 heavy (non-hydrogen) atoms. The Hall–Kier alpha value is -1.26. The van der Waals surface area contributed by atoms with E-state index in [0.29, 0.717) is 12.0 Å². The van der Waals surface area contributed by atoms with Crippen LogP contribution in [0.3, 0.4) is 0 Å². The second-order valence-corrected chi connectivity index (χ2v) is 5.21. The average molecular weight is 243 g/mol. The van der Waals surface area contributed by atoms with Crippen molar-refractivity contribution in [1.29, 1.82) is 0 Å². The van der Waals surface area contributed by atoms with Gasteiger partial charge in [0.15, 0.2) is 0 Å². The van der Waals surface area contributed by atoms with Crippen LogP contribution < -0.4 is 5.32 Å². The highest BCUT2D eigenvalue weighted by molar-refractivity contribution is 5.18. The second kappa shape index (κ2) is 8.78. The smallest absolute Gasteiger partial charge is 0.0322 e. The lowest BCUT2D eigenvalue weighted by Crippen LogP contribution is -2.23. The molecule has 0 aliphatic rings. The van der Waals surface area contributed by atoms with Crippen LogP contribution in [-0.2, 0) is 0 Å². The van der Waals surface area contributed by atoms with Crippen LogP contribution in [0.1, 0.15) is 51.1 Å². The van der Waals surface area contributed by atoms with Crippen molar-refractivity contribution in [3.05, 3.63) is 35.9 Å². The summed E-state index contributed by atoms with van der Waals surface area (Å²) < 4.78 is 0. The molecule has 0 radical (unpaired) electrons. The highest BCUT2D eigenvalue weighted by Gasteiger charge is 2.11. The van der Waals surface area contributed by atoms with E-state index in [1.54, 1.807) is 0 Å². The maximum absolute atomic E-state index is 5.26. The van der Waals surface area contributed by atoms with Crippen LogP contribution in [0.15, 0.2) is 30.3 Å². The van der Waals surface area contributed by atoms with Gasteiger partial charge in [-0.05, 0) is 37.3 Å². The third kappa shape index (κ3) is 5.89. The second-order valence-electron chi connectivity index (χ2n) is 5.21. The van der Waals surface area contributed by atoms with Gasteiger partial charge in [0.2, 0.25) is 0 Å². The van der Waals surface area contributed by atoms with Crippen LogP contribution >= 0.6 is 0 Å². The molecule has 0 heterocycles. The fourth-order valence-corrected chi connectivity index (χ4v) is 2.12. The van der Waals surface area contributed by atoms with Crippen LogP contribution in [0, 0.1) is 18.3 Å². The van der Waals surface area contributed by atoms with E-state index >= 15 is 0 Å². The molecule has 0 aliphatic carbocycles. The van der Waals surface area contributed by atoms with Gasteiger partial charge in [-0.15, -0.1) is 12.3 Å². The largest absolute Gasteiger partial charge is 0.310 e. The van der Waals surface area contributed by atoms with Crippen molar-refractivity contribution < 1.29 is 0 Å². The molecule has 0 fully saturated rings. The van der Waals surface area contributed by atoms with E-state index in [0.717, 1.165) is 25.8 Å². The molecule has 0 aliphatic heterocycles. The molecule has 1 rings (SSSR count). The van der Waals surface area contributed by atoms with E-state index in [4.69, 9.17) is 6.42 Å². The first-order chi connectivity index (χ1) is 8.74. The first-order valence-electron chi connectivity index (χ1n) is 6.96. The van der Waals surface area contributed by atoms with Crippen LogP contribution in [-0.4, -0.2) is 6.54 Å². The fraction of sp³-hybridized carbons (Fsp3) is 0.529. The number of hydrogen-bond acceptors (Lipinski definition) is 1. The van der Waals surface area contributed by atoms with Gasteiger partial charge in [0, 0.05) is 12.5 Å². The first kappa shape index (κ1) is 14.8. The van der Waals surface area contributed by atoms with Gasteiger partial charge >= 0.3 is 0 Å². The number of benzene rings is 1. The van der Waals surface area contributed by atoms with Gasteiger partial charge in [-0.2, -0.15) is 0 Å². The summed E-state index contributed by atoms with van der Waals surface area (Å²) in [5.41, 5.74) is 1.39. The Labute approximate surface area is 112 Å². The minimum atomic E-state index is 0.469. The zero-order chi connectivity index (χ0) is 13.2. The Morgan fingerprint density at radius 3 is 2.50 bits per heavy atom. The minimum absolute atomic E-state index is 0.469. The van der Waals surface area contributed by atoms with Gasteiger partial charge in [-0.1, -0.05) is 44.2 Å². The van der Waals surface area contributed by atoms with Crippen molar-refractivity contribution in [2.75, 3.05) is 6.54 Å². The summed E-state index contributed by atoms with van der Waals surface area (Å²) in [6, 6.07) is 11.2.